The van der Waals surface area contributed by atoms with Crippen molar-refractivity contribution in [3.8, 4) is 5.75 Å². The van der Waals surface area contributed by atoms with Gasteiger partial charge in [-0.2, -0.15) is 0 Å². The van der Waals surface area contributed by atoms with E-state index in [-0.39, 0.29) is 5.69 Å². The molecule has 5 nitrogen and oxygen atoms in total. The second-order valence-electron chi connectivity index (χ2n) is 8.75. The molecule has 5 aromatic carbocycles. The van der Waals surface area contributed by atoms with Crippen molar-refractivity contribution in [3.63, 3.8) is 0 Å². The van der Waals surface area contributed by atoms with Crippen LogP contribution in [0.15, 0.2) is 121 Å². The average Bonchev–Trinajstić information content (AvgIpc) is 2.94. The maximum absolute atomic E-state index is 10.9. The Morgan fingerprint density at radius 1 is 0.722 bits per heavy atom. The highest BCUT2D eigenvalue weighted by Crippen LogP contribution is 2.44. The summed E-state index contributed by atoms with van der Waals surface area (Å²) in [5.41, 5.74) is 4.23. The van der Waals surface area contributed by atoms with Gasteiger partial charge >= 0.3 is 0 Å². The SMILES string of the molecule is O=[N+]([O-])c1ccc(Nc2ccc3c4c(ccc3c2)OC(c2ccccc2)(c2ccccc2)C=C4)cc1. The number of nitro benzene ring substituents is 1. The summed E-state index contributed by atoms with van der Waals surface area (Å²) < 4.78 is 6.80. The number of hydrogen-bond acceptors (Lipinski definition) is 4. The number of hydrogen-bond donors (Lipinski definition) is 1. The second kappa shape index (κ2) is 8.71. The molecule has 0 spiro atoms. The lowest BCUT2D eigenvalue weighted by molar-refractivity contribution is -0.384. The van der Waals surface area contributed by atoms with Crippen LogP contribution < -0.4 is 10.1 Å². The molecule has 0 unspecified atom stereocenters. The van der Waals surface area contributed by atoms with E-state index in [1.54, 1.807) is 12.1 Å². The van der Waals surface area contributed by atoms with Gasteiger partial charge in [0.05, 0.1) is 4.92 Å². The Labute approximate surface area is 208 Å². The molecule has 1 heterocycles. The number of nitrogens with one attached hydrogen (secondary N) is 1. The quantitative estimate of drug-likeness (QED) is 0.210. The third-order valence-corrected chi connectivity index (χ3v) is 6.55. The number of ether oxygens (including phenoxy) is 1. The van der Waals surface area contributed by atoms with Crippen molar-refractivity contribution in [3.05, 3.63) is 148 Å². The van der Waals surface area contributed by atoms with E-state index in [0.717, 1.165) is 44.6 Å². The molecule has 0 saturated heterocycles. The minimum absolute atomic E-state index is 0.0690. The zero-order chi connectivity index (χ0) is 24.5. The third kappa shape index (κ3) is 3.77. The van der Waals surface area contributed by atoms with Crippen LogP contribution in [-0.2, 0) is 5.60 Å². The molecule has 0 aromatic heterocycles. The van der Waals surface area contributed by atoms with Gasteiger partial charge in [0.2, 0.25) is 0 Å². The van der Waals surface area contributed by atoms with Gasteiger partial charge in [0.1, 0.15) is 5.75 Å². The van der Waals surface area contributed by atoms with Crippen LogP contribution in [0.4, 0.5) is 17.1 Å². The normalized spacial score (nSPS) is 13.6. The van der Waals surface area contributed by atoms with Crippen LogP contribution in [0.25, 0.3) is 16.8 Å². The zero-order valence-corrected chi connectivity index (χ0v) is 19.3. The minimum Gasteiger partial charge on any atom is -0.473 e. The fourth-order valence-corrected chi connectivity index (χ4v) is 4.76. The van der Waals surface area contributed by atoms with E-state index in [9.17, 15) is 10.1 Å². The maximum atomic E-state index is 10.9. The molecule has 0 atom stereocenters. The lowest BCUT2D eigenvalue weighted by Gasteiger charge is -2.36. The van der Waals surface area contributed by atoms with Crippen LogP contribution in [0.2, 0.25) is 0 Å². The second-order valence-corrected chi connectivity index (χ2v) is 8.75. The molecule has 5 heteroatoms. The molecule has 174 valence electrons. The summed E-state index contributed by atoms with van der Waals surface area (Å²) in [6.45, 7) is 0. The van der Waals surface area contributed by atoms with E-state index in [2.05, 4.69) is 59.9 Å². The third-order valence-electron chi connectivity index (χ3n) is 6.55. The predicted octanol–water partition coefficient (Wildman–Crippen LogP) is 7.84. The monoisotopic (exact) mass is 470 g/mol. The van der Waals surface area contributed by atoms with E-state index in [1.165, 1.54) is 12.1 Å². The molecule has 5 aromatic rings. The summed E-state index contributed by atoms with van der Waals surface area (Å²) in [6.07, 6.45) is 4.30. The first-order valence-corrected chi connectivity index (χ1v) is 11.7. The molecule has 6 rings (SSSR count). The maximum Gasteiger partial charge on any atom is 0.269 e. The smallest absolute Gasteiger partial charge is 0.269 e. The van der Waals surface area contributed by atoms with Crippen LogP contribution in [0.1, 0.15) is 16.7 Å². The molecule has 0 amide bonds. The molecule has 0 saturated carbocycles. The van der Waals surface area contributed by atoms with E-state index in [1.807, 2.05) is 48.5 Å². The zero-order valence-electron chi connectivity index (χ0n) is 19.3. The predicted molar refractivity (Wildman–Crippen MR) is 144 cm³/mol. The Morgan fingerprint density at radius 2 is 1.36 bits per heavy atom. The summed E-state index contributed by atoms with van der Waals surface area (Å²) in [5.74, 6) is 0.828. The Kier molecular flexibility index (Phi) is 5.23. The molecule has 36 heavy (non-hydrogen) atoms. The molecule has 0 radical (unpaired) electrons. The molecule has 1 aliphatic rings. The van der Waals surface area contributed by atoms with Crippen molar-refractivity contribution >= 4 is 33.9 Å². The van der Waals surface area contributed by atoms with Crippen molar-refractivity contribution in [1.29, 1.82) is 0 Å². The fourth-order valence-electron chi connectivity index (χ4n) is 4.76. The number of nitrogens with zero attached hydrogens (tertiary/aromatic N) is 1. The molecule has 0 aliphatic carbocycles. The molecular formula is C31H22N2O3. The molecular weight excluding hydrogens is 448 g/mol. The van der Waals surface area contributed by atoms with E-state index >= 15 is 0 Å². The van der Waals surface area contributed by atoms with Gasteiger partial charge in [0, 0.05) is 40.2 Å². The number of nitro groups is 1. The topological polar surface area (TPSA) is 64.4 Å². The highest BCUT2D eigenvalue weighted by molar-refractivity contribution is 5.96. The van der Waals surface area contributed by atoms with Crippen LogP contribution in [0.3, 0.4) is 0 Å². The van der Waals surface area contributed by atoms with E-state index in [0.29, 0.717) is 0 Å². The lowest BCUT2D eigenvalue weighted by Crippen LogP contribution is -2.34. The number of non-ortho nitro benzene ring substituents is 1. The van der Waals surface area contributed by atoms with Crippen molar-refractivity contribution in [1.82, 2.24) is 0 Å². The average molecular weight is 471 g/mol. The van der Waals surface area contributed by atoms with Crippen LogP contribution in [0, 0.1) is 10.1 Å². The summed E-state index contributed by atoms with van der Waals surface area (Å²) in [6, 6.07) is 37.2. The van der Waals surface area contributed by atoms with Crippen molar-refractivity contribution in [2.75, 3.05) is 5.32 Å². The summed E-state index contributed by atoms with van der Waals surface area (Å²) in [7, 11) is 0. The lowest BCUT2D eigenvalue weighted by atomic mass is 9.83. The van der Waals surface area contributed by atoms with Gasteiger partial charge in [-0.25, -0.2) is 0 Å². The van der Waals surface area contributed by atoms with Crippen molar-refractivity contribution in [2.45, 2.75) is 5.60 Å². The van der Waals surface area contributed by atoms with Crippen molar-refractivity contribution < 1.29 is 9.66 Å². The number of fused-ring (bicyclic) bond motifs is 3. The fraction of sp³-hybridized carbons (Fsp3) is 0.0323. The van der Waals surface area contributed by atoms with Gasteiger partial charge in [0.15, 0.2) is 5.60 Å². The first-order valence-electron chi connectivity index (χ1n) is 11.7. The Hall–Kier alpha value is -4.90. The molecule has 1 aliphatic heterocycles. The van der Waals surface area contributed by atoms with Crippen LogP contribution in [0.5, 0.6) is 5.75 Å². The highest BCUT2D eigenvalue weighted by atomic mass is 16.6. The first kappa shape index (κ1) is 21.6. The van der Waals surface area contributed by atoms with Gasteiger partial charge in [-0.1, -0.05) is 72.8 Å². The van der Waals surface area contributed by atoms with Gasteiger partial charge in [-0.05, 0) is 53.3 Å². The molecule has 0 fully saturated rings. The Balaban J connectivity index is 1.37. The minimum atomic E-state index is -0.708. The standard InChI is InChI=1S/C31H22N2O3/c34-33(35)27-15-12-25(13-16-27)32-26-14-17-28-22(21-26)11-18-30-29(28)19-20-31(36-30,23-7-3-1-4-8-23)24-9-5-2-6-10-24/h1-21,32H. The number of anilines is 2. The highest BCUT2D eigenvalue weighted by Gasteiger charge is 2.37. The Morgan fingerprint density at radius 3 is 2.00 bits per heavy atom. The van der Waals surface area contributed by atoms with Gasteiger partial charge in [0.25, 0.3) is 5.69 Å². The van der Waals surface area contributed by atoms with Crippen molar-refractivity contribution in [2.24, 2.45) is 0 Å². The van der Waals surface area contributed by atoms with Crippen LogP contribution >= 0.6 is 0 Å². The number of benzene rings is 5. The summed E-state index contributed by atoms with van der Waals surface area (Å²) in [5, 5.41) is 16.4. The summed E-state index contributed by atoms with van der Waals surface area (Å²) in [4.78, 5) is 10.5. The molecule has 0 bridgehead atoms. The Bertz CT molecular complexity index is 1560. The van der Waals surface area contributed by atoms with Gasteiger partial charge in [-0.15, -0.1) is 0 Å². The van der Waals surface area contributed by atoms with Gasteiger partial charge in [-0.3, -0.25) is 10.1 Å². The number of rotatable bonds is 5. The van der Waals surface area contributed by atoms with Gasteiger partial charge < -0.3 is 10.1 Å². The van der Waals surface area contributed by atoms with E-state index < -0.39 is 10.5 Å². The summed E-state index contributed by atoms with van der Waals surface area (Å²) >= 11 is 0. The first-order chi connectivity index (χ1) is 17.6. The largest absolute Gasteiger partial charge is 0.473 e. The molecule has 1 N–H and O–H groups in total. The van der Waals surface area contributed by atoms with E-state index in [4.69, 9.17) is 4.74 Å². The van der Waals surface area contributed by atoms with Crippen LogP contribution in [-0.4, -0.2) is 4.92 Å².